The third-order valence-corrected chi connectivity index (χ3v) is 2.80. The zero-order valence-corrected chi connectivity index (χ0v) is 10.9. The van der Waals surface area contributed by atoms with Crippen molar-refractivity contribution in [1.29, 1.82) is 0 Å². The number of benzene rings is 1. The van der Waals surface area contributed by atoms with Gasteiger partial charge in [0.25, 0.3) is 0 Å². The van der Waals surface area contributed by atoms with Crippen LogP contribution in [-0.4, -0.2) is 22.0 Å². The van der Waals surface area contributed by atoms with Gasteiger partial charge in [0.05, 0.1) is 6.54 Å². The minimum Gasteiger partial charge on any atom is -0.389 e. The van der Waals surface area contributed by atoms with Crippen molar-refractivity contribution < 1.29 is 0 Å². The molecule has 0 saturated carbocycles. The van der Waals surface area contributed by atoms with E-state index in [0.29, 0.717) is 11.5 Å². The van der Waals surface area contributed by atoms with E-state index in [2.05, 4.69) is 9.97 Å². The molecule has 2 aromatic rings. The third-order valence-electron chi connectivity index (χ3n) is 2.58. The summed E-state index contributed by atoms with van der Waals surface area (Å²) < 4.78 is 0. The van der Waals surface area contributed by atoms with Crippen molar-refractivity contribution in [3.05, 3.63) is 54.1 Å². The van der Waals surface area contributed by atoms with E-state index in [1.165, 1.54) is 0 Å². The highest BCUT2D eigenvalue weighted by Gasteiger charge is 2.10. The van der Waals surface area contributed by atoms with Gasteiger partial charge in [0, 0.05) is 30.7 Å². The van der Waals surface area contributed by atoms with Crippen LogP contribution in [0.1, 0.15) is 11.4 Å². The van der Waals surface area contributed by atoms with Crippen LogP contribution in [0.5, 0.6) is 0 Å². The molecule has 0 fully saturated rings. The fourth-order valence-electron chi connectivity index (χ4n) is 1.72. The molecule has 0 spiro atoms. The standard InChI is InChI=1S/C13H14N4S/c1-17(9-12-15-7-4-8-16-12)11-6-3-2-5-10(11)13(14)18/h2-8H,9H2,1H3,(H2,14,18). The first-order chi connectivity index (χ1) is 8.68. The van der Waals surface area contributed by atoms with Crippen molar-refractivity contribution >= 4 is 22.9 Å². The van der Waals surface area contributed by atoms with E-state index in [1.54, 1.807) is 18.5 Å². The Kier molecular flexibility index (Phi) is 3.84. The first-order valence-corrected chi connectivity index (χ1v) is 5.95. The van der Waals surface area contributed by atoms with Crippen molar-refractivity contribution in [3.63, 3.8) is 0 Å². The van der Waals surface area contributed by atoms with Crippen LogP contribution in [0.25, 0.3) is 0 Å². The fraction of sp³-hybridized carbons (Fsp3) is 0.154. The topological polar surface area (TPSA) is 55.0 Å². The predicted molar refractivity (Wildman–Crippen MR) is 76.5 cm³/mol. The molecule has 0 amide bonds. The number of aromatic nitrogens is 2. The Morgan fingerprint density at radius 2 is 1.89 bits per heavy atom. The molecule has 92 valence electrons. The summed E-state index contributed by atoms with van der Waals surface area (Å²) in [4.78, 5) is 10.8. The van der Waals surface area contributed by atoms with E-state index < -0.39 is 0 Å². The monoisotopic (exact) mass is 258 g/mol. The lowest BCUT2D eigenvalue weighted by atomic mass is 10.1. The molecule has 1 heterocycles. The van der Waals surface area contributed by atoms with Crippen LogP contribution in [-0.2, 0) is 6.54 Å². The first kappa shape index (κ1) is 12.4. The summed E-state index contributed by atoms with van der Waals surface area (Å²) >= 11 is 5.05. The van der Waals surface area contributed by atoms with E-state index in [-0.39, 0.29) is 0 Å². The molecule has 5 heteroatoms. The molecule has 0 aliphatic heterocycles. The highest BCUT2D eigenvalue weighted by molar-refractivity contribution is 7.80. The van der Waals surface area contributed by atoms with Gasteiger partial charge < -0.3 is 10.6 Å². The van der Waals surface area contributed by atoms with Gasteiger partial charge in [-0.1, -0.05) is 24.4 Å². The Hall–Kier alpha value is -2.01. The van der Waals surface area contributed by atoms with E-state index in [4.69, 9.17) is 18.0 Å². The first-order valence-electron chi connectivity index (χ1n) is 5.54. The van der Waals surface area contributed by atoms with Crippen molar-refractivity contribution in [2.24, 2.45) is 5.73 Å². The average molecular weight is 258 g/mol. The lowest BCUT2D eigenvalue weighted by molar-refractivity contribution is 0.837. The molecular formula is C13H14N4S. The Morgan fingerprint density at radius 1 is 1.22 bits per heavy atom. The molecule has 0 saturated heterocycles. The zero-order valence-electron chi connectivity index (χ0n) is 10.1. The van der Waals surface area contributed by atoms with Gasteiger partial charge in [-0.15, -0.1) is 0 Å². The fourth-order valence-corrected chi connectivity index (χ4v) is 1.90. The summed E-state index contributed by atoms with van der Waals surface area (Å²) in [6.07, 6.45) is 3.46. The maximum absolute atomic E-state index is 5.72. The summed E-state index contributed by atoms with van der Waals surface area (Å²) in [5.74, 6) is 0.762. The van der Waals surface area contributed by atoms with Gasteiger partial charge >= 0.3 is 0 Å². The SMILES string of the molecule is CN(Cc1ncccn1)c1ccccc1C(N)=S. The number of para-hydroxylation sites is 1. The van der Waals surface area contributed by atoms with Gasteiger partial charge in [-0.3, -0.25) is 0 Å². The highest BCUT2D eigenvalue weighted by Crippen LogP contribution is 2.20. The van der Waals surface area contributed by atoms with Crippen molar-refractivity contribution in [2.45, 2.75) is 6.54 Å². The number of hydrogen-bond acceptors (Lipinski definition) is 4. The maximum Gasteiger partial charge on any atom is 0.147 e. The van der Waals surface area contributed by atoms with E-state index in [1.807, 2.05) is 36.2 Å². The summed E-state index contributed by atoms with van der Waals surface area (Å²) in [5.41, 5.74) is 7.57. The van der Waals surface area contributed by atoms with Crippen LogP contribution < -0.4 is 10.6 Å². The van der Waals surface area contributed by atoms with Gasteiger partial charge in [-0.25, -0.2) is 9.97 Å². The van der Waals surface area contributed by atoms with Crippen LogP contribution in [0.3, 0.4) is 0 Å². The van der Waals surface area contributed by atoms with Gasteiger partial charge in [-0.2, -0.15) is 0 Å². The van der Waals surface area contributed by atoms with Gasteiger partial charge in [0.15, 0.2) is 0 Å². The molecule has 0 aliphatic carbocycles. The van der Waals surface area contributed by atoms with Gasteiger partial charge in [0.2, 0.25) is 0 Å². The minimum atomic E-state index is 0.395. The van der Waals surface area contributed by atoms with E-state index >= 15 is 0 Å². The molecule has 0 atom stereocenters. The Balaban J connectivity index is 2.24. The molecule has 0 bridgehead atoms. The molecule has 2 rings (SSSR count). The van der Waals surface area contributed by atoms with E-state index in [0.717, 1.165) is 17.1 Å². The summed E-state index contributed by atoms with van der Waals surface area (Å²) in [6, 6.07) is 9.58. The zero-order chi connectivity index (χ0) is 13.0. The Bertz CT molecular complexity index is 542. The maximum atomic E-state index is 5.72. The molecule has 0 unspecified atom stereocenters. The minimum absolute atomic E-state index is 0.395. The van der Waals surface area contributed by atoms with Crippen LogP contribution in [0.2, 0.25) is 0 Å². The molecule has 4 nitrogen and oxygen atoms in total. The number of nitrogens with zero attached hydrogens (tertiary/aromatic N) is 3. The second-order valence-electron chi connectivity index (χ2n) is 3.90. The molecule has 18 heavy (non-hydrogen) atoms. The number of hydrogen-bond donors (Lipinski definition) is 1. The van der Waals surface area contributed by atoms with Crippen LogP contribution >= 0.6 is 12.2 Å². The molecule has 2 N–H and O–H groups in total. The molecule has 0 radical (unpaired) electrons. The molecule has 0 aliphatic rings. The third kappa shape index (κ3) is 2.81. The number of anilines is 1. The molecular weight excluding hydrogens is 244 g/mol. The van der Waals surface area contributed by atoms with Gasteiger partial charge in [0.1, 0.15) is 10.8 Å². The summed E-state index contributed by atoms with van der Waals surface area (Å²) in [5, 5.41) is 0. The van der Waals surface area contributed by atoms with Crippen molar-refractivity contribution in [3.8, 4) is 0 Å². The quantitative estimate of drug-likeness (QED) is 0.847. The highest BCUT2D eigenvalue weighted by atomic mass is 32.1. The van der Waals surface area contributed by atoms with E-state index in [9.17, 15) is 0 Å². The lowest BCUT2D eigenvalue weighted by Gasteiger charge is -2.21. The largest absolute Gasteiger partial charge is 0.389 e. The van der Waals surface area contributed by atoms with Crippen LogP contribution in [0.4, 0.5) is 5.69 Å². The van der Waals surface area contributed by atoms with Crippen molar-refractivity contribution in [1.82, 2.24) is 9.97 Å². The van der Waals surface area contributed by atoms with Crippen molar-refractivity contribution in [2.75, 3.05) is 11.9 Å². The number of rotatable bonds is 4. The van der Waals surface area contributed by atoms with Gasteiger partial charge in [-0.05, 0) is 18.2 Å². The number of thiocarbonyl (C=S) groups is 1. The lowest BCUT2D eigenvalue weighted by Crippen LogP contribution is -2.22. The summed E-state index contributed by atoms with van der Waals surface area (Å²) in [7, 11) is 1.97. The Labute approximate surface area is 111 Å². The predicted octanol–water partition coefficient (Wildman–Crippen LogP) is 1.75. The molecule has 1 aromatic carbocycles. The Morgan fingerprint density at radius 3 is 2.56 bits per heavy atom. The smallest absolute Gasteiger partial charge is 0.147 e. The average Bonchev–Trinajstić information content (AvgIpc) is 2.40. The molecule has 1 aromatic heterocycles. The van der Waals surface area contributed by atoms with Crippen LogP contribution in [0.15, 0.2) is 42.7 Å². The second kappa shape index (κ2) is 5.55. The van der Waals surface area contributed by atoms with Crippen LogP contribution in [0, 0.1) is 0 Å². The second-order valence-corrected chi connectivity index (χ2v) is 4.34. The normalized spacial score (nSPS) is 10.1. The number of nitrogens with two attached hydrogens (primary N) is 1. The summed E-state index contributed by atoms with van der Waals surface area (Å²) in [6.45, 7) is 0.612.